The molecule has 0 fully saturated rings. The minimum absolute atomic E-state index is 0.253. The molecule has 3 atom stereocenters. The molecule has 0 aliphatic heterocycles. The maximum Gasteiger partial charge on any atom is 0.164 e. The van der Waals surface area contributed by atoms with E-state index in [1.54, 1.807) is 0 Å². The molecule has 1 heterocycles. The van der Waals surface area contributed by atoms with Crippen LogP contribution in [0.25, 0.3) is 67.5 Å². The van der Waals surface area contributed by atoms with Gasteiger partial charge < -0.3 is 0 Å². The van der Waals surface area contributed by atoms with E-state index in [1.807, 2.05) is 12.1 Å². The summed E-state index contributed by atoms with van der Waals surface area (Å²) >= 11 is 0. The Hall–Kier alpha value is -6.97. The van der Waals surface area contributed by atoms with Crippen LogP contribution in [-0.2, 0) is 5.41 Å². The van der Waals surface area contributed by atoms with E-state index >= 15 is 0 Å². The summed E-state index contributed by atoms with van der Waals surface area (Å²) in [5, 5.41) is 0. The fraction of sp³-hybridized carbons (Fsp3) is 0.0577. The summed E-state index contributed by atoms with van der Waals surface area (Å²) in [6, 6.07) is 62.9. The number of hydrogen-bond donors (Lipinski definition) is 0. The maximum atomic E-state index is 5.24. The zero-order valence-electron chi connectivity index (χ0n) is 30.0. The van der Waals surface area contributed by atoms with Crippen molar-refractivity contribution in [3.8, 4) is 67.5 Å². The Balaban J connectivity index is 1.09. The van der Waals surface area contributed by atoms with Gasteiger partial charge in [0.2, 0.25) is 0 Å². The van der Waals surface area contributed by atoms with Gasteiger partial charge in [-0.2, -0.15) is 0 Å². The SMILES string of the molecule is C1=CC2c3ccccc3C3(c4ccccc4-c4ccc(-c5nc(-c6ccc(-c7ccccc7)cc6)nc(-c6ccc(-c7ccccc7)cc6)n5)cc43)C2C=C1. The minimum atomic E-state index is -0.330. The van der Waals surface area contributed by atoms with Gasteiger partial charge in [0, 0.05) is 28.5 Å². The quantitative estimate of drug-likeness (QED) is 0.179. The summed E-state index contributed by atoms with van der Waals surface area (Å²) in [6.07, 6.45) is 9.26. The van der Waals surface area contributed by atoms with E-state index in [4.69, 9.17) is 15.0 Å². The van der Waals surface area contributed by atoms with Crippen molar-refractivity contribution in [2.75, 3.05) is 0 Å². The summed E-state index contributed by atoms with van der Waals surface area (Å²) in [6.45, 7) is 0. The molecular weight excluding hydrogens is 667 g/mol. The number of hydrogen-bond acceptors (Lipinski definition) is 3. The molecule has 3 heteroatoms. The normalized spacial score (nSPS) is 18.5. The zero-order valence-corrected chi connectivity index (χ0v) is 30.0. The van der Waals surface area contributed by atoms with Crippen molar-refractivity contribution in [3.05, 3.63) is 222 Å². The van der Waals surface area contributed by atoms with Gasteiger partial charge >= 0.3 is 0 Å². The minimum Gasteiger partial charge on any atom is -0.208 e. The highest BCUT2D eigenvalue weighted by molar-refractivity contribution is 5.88. The molecule has 1 spiro atoms. The van der Waals surface area contributed by atoms with E-state index in [9.17, 15) is 0 Å². The van der Waals surface area contributed by atoms with Crippen molar-refractivity contribution < 1.29 is 0 Å². The van der Waals surface area contributed by atoms with E-state index in [-0.39, 0.29) is 11.3 Å². The number of nitrogens with zero attached hydrogens (tertiary/aromatic N) is 3. The Morgan fingerprint density at radius 1 is 0.345 bits per heavy atom. The summed E-state index contributed by atoms with van der Waals surface area (Å²) < 4.78 is 0. The van der Waals surface area contributed by atoms with Crippen LogP contribution < -0.4 is 0 Å². The molecule has 3 nitrogen and oxygen atoms in total. The first-order valence-corrected chi connectivity index (χ1v) is 19.0. The second kappa shape index (κ2) is 12.6. The fourth-order valence-corrected chi connectivity index (χ4v) is 9.39. The van der Waals surface area contributed by atoms with Crippen LogP contribution in [0.2, 0.25) is 0 Å². The largest absolute Gasteiger partial charge is 0.208 e. The first-order valence-electron chi connectivity index (χ1n) is 19.0. The van der Waals surface area contributed by atoms with Gasteiger partial charge in [-0.15, -0.1) is 0 Å². The molecule has 55 heavy (non-hydrogen) atoms. The van der Waals surface area contributed by atoms with Gasteiger partial charge in [-0.3, -0.25) is 0 Å². The van der Waals surface area contributed by atoms with Crippen LogP contribution in [-0.4, -0.2) is 15.0 Å². The molecule has 3 aliphatic rings. The van der Waals surface area contributed by atoms with Crippen molar-refractivity contribution in [3.63, 3.8) is 0 Å². The Bertz CT molecular complexity index is 2700. The van der Waals surface area contributed by atoms with Gasteiger partial charge in [0.1, 0.15) is 0 Å². The molecule has 258 valence electrons. The summed E-state index contributed by atoms with van der Waals surface area (Å²) in [5.74, 6) is 2.52. The average Bonchev–Trinajstić information content (AvgIpc) is 3.74. The van der Waals surface area contributed by atoms with E-state index < -0.39 is 0 Å². The summed E-state index contributed by atoms with van der Waals surface area (Å²) in [5.41, 5.74) is 15.3. The molecule has 1 aromatic heterocycles. The number of fused-ring (bicyclic) bond motifs is 10. The monoisotopic (exact) mass is 701 g/mol. The first-order chi connectivity index (χ1) is 27.3. The van der Waals surface area contributed by atoms with Crippen molar-refractivity contribution in [2.24, 2.45) is 5.92 Å². The van der Waals surface area contributed by atoms with E-state index in [0.717, 1.165) is 27.8 Å². The third kappa shape index (κ3) is 4.93. The lowest BCUT2D eigenvalue weighted by atomic mass is 9.65. The van der Waals surface area contributed by atoms with Gasteiger partial charge in [-0.1, -0.05) is 194 Å². The molecule has 0 radical (unpaired) electrons. The van der Waals surface area contributed by atoms with Crippen LogP contribution in [0.4, 0.5) is 0 Å². The highest BCUT2D eigenvalue weighted by Crippen LogP contribution is 2.65. The lowest BCUT2D eigenvalue weighted by Crippen LogP contribution is -2.33. The predicted octanol–water partition coefficient (Wildman–Crippen LogP) is 12.4. The van der Waals surface area contributed by atoms with Crippen LogP contribution in [0.15, 0.2) is 200 Å². The highest BCUT2D eigenvalue weighted by atomic mass is 15.0. The van der Waals surface area contributed by atoms with E-state index in [0.29, 0.717) is 23.4 Å². The predicted molar refractivity (Wildman–Crippen MR) is 223 cm³/mol. The molecule has 3 unspecified atom stereocenters. The van der Waals surface area contributed by atoms with Gasteiger partial charge in [-0.05, 0) is 61.7 Å². The lowest BCUT2D eigenvalue weighted by molar-refractivity contribution is 0.465. The fourth-order valence-electron chi connectivity index (χ4n) is 9.39. The molecule has 0 N–H and O–H groups in total. The second-order valence-corrected chi connectivity index (χ2v) is 14.7. The molecule has 7 aromatic carbocycles. The standard InChI is InChI=1S/C52H35N3/c1-3-13-34(14-4-1)36-23-27-38(28-24-36)49-53-50(39-29-25-37(26-30-39)35-15-5-2-6-16-35)55-51(54-49)40-31-32-44-43-19-9-12-22-47(43)52(48(44)33-40)45-20-10-7-17-41(45)42-18-8-11-21-46(42)52/h1-33,41,45H. The zero-order chi connectivity index (χ0) is 36.3. The van der Waals surface area contributed by atoms with Crippen molar-refractivity contribution in [2.45, 2.75) is 11.3 Å². The Kier molecular flexibility index (Phi) is 7.21. The maximum absolute atomic E-state index is 5.24. The number of rotatable bonds is 5. The van der Waals surface area contributed by atoms with Crippen LogP contribution in [0, 0.1) is 5.92 Å². The molecule has 0 saturated heterocycles. The van der Waals surface area contributed by atoms with Gasteiger partial charge in [0.05, 0.1) is 5.41 Å². The third-order valence-corrected chi connectivity index (χ3v) is 11.9. The van der Waals surface area contributed by atoms with E-state index in [2.05, 4.69) is 188 Å². The Morgan fingerprint density at radius 2 is 0.800 bits per heavy atom. The van der Waals surface area contributed by atoms with Crippen LogP contribution >= 0.6 is 0 Å². The topological polar surface area (TPSA) is 38.7 Å². The number of allylic oxidation sites excluding steroid dienone is 4. The van der Waals surface area contributed by atoms with Crippen molar-refractivity contribution in [1.82, 2.24) is 15.0 Å². The van der Waals surface area contributed by atoms with Crippen LogP contribution in [0.5, 0.6) is 0 Å². The van der Waals surface area contributed by atoms with Gasteiger partial charge in [-0.25, -0.2) is 15.0 Å². The molecule has 8 aromatic rings. The second-order valence-electron chi connectivity index (χ2n) is 14.7. The van der Waals surface area contributed by atoms with Gasteiger partial charge in [0.25, 0.3) is 0 Å². The van der Waals surface area contributed by atoms with E-state index in [1.165, 1.54) is 44.5 Å². The third-order valence-electron chi connectivity index (χ3n) is 11.9. The smallest absolute Gasteiger partial charge is 0.164 e. The summed E-state index contributed by atoms with van der Waals surface area (Å²) in [4.78, 5) is 15.6. The molecule has 11 rings (SSSR count). The highest BCUT2D eigenvalue weighted by Gasteiger charge is 2.56. The van der Waals surface area contributed by atoms with Gasteiger partial charge in [0.15, 0.2) is 17.5 Å². The molecule has 0 bridgehead atoms. The molecule has 0 saturated carbocycles. The Labute approximate surface area is 321 Å². The first kappa shape index (κ1) is 31.5. The molecule has 3 aliphatic carbocycles. The summed E-state index contributed by atoms with van der Waals surface area (Å²) in [7, 11) is 0. The number of benzene rings is 7. The van der Waals surface area contributed by atoms with Crippen LogP contribution in [0.3, 0.4) is 0 Å². The van der Waals surface area contributed by atoms with Crippen LogP contribution in [0.1, 0.15) is 28.2 Å². The molecule has 0 amide bonds. The molecular formula is C52H35N3. The van der Waals surface area contributed by atoms with Crippen molar-refractivity contribution in [1.29, 1.82) is 0 Å². The average molecular weight is 702 g/mol. The van der Waals surface area contributed by atoms with Crippen molar-refractivity contribution >= 4 is 0 Å². The number of aromatic nitrogens is 3. The lowest BCUT2D eigenvalue weighted by Gasteiger charge is -2.36. The Morgan fingerprint density at radius 3 is 1.44 bits per heavy atom.